The standard InChI is InChI=1S/C10H9IN2O/c1-5-4-7-8(11)3-2-6(10(12)14)9(7)13-5/h2-4,13H,1H3,(H2,12,14). The molecule has 2 rings (SSSR count). The van der Waals surface area contributed by atoms with E-state index in [0.29, 0.717) is 5.56 Å². The van der Waals surface area contributed by atoms with Crippen molar-refractivity contribution in [1.29, 1.82) is 0 Å². The minimum absolute atomic E-state index is 0.395. The number of fused-ring (bicyclic) bond motifs is 1. The second-order valence-corrected chi connectivity index (χ2v) is 4.36. The van der Waals surface area contributed by atoms with Gasteiger partial charge in [-0.2, -0.15) is 0 Å². The summed E-state index contributed by atoms with van der Waals surface area (Å²) in [5.74, 6) is -0.395. The van der Waals surface area contributed by atoms with Crippen molar-refractivity contribution in [3.8, 4) is 0 Å². The molecule has 3 N–H and O–H groups in total. The summed E-state index contributed by atoms with van der Waals surface area (Å²) in [7, 11) is 0. The predicted octanol–water partition coefficient (Wildman–Crippen LogP) is 2.18. The second kappa shape index (κ2) is 3.27. The monoisotopic (exact) mass is 300 g/mol. The molecule has 0 aliphatic carbocycles. The number of aromatic nitrogens is 1. The Balaban J connectivity index is 2.87. The number of hydrogen-bond acceptors (Lipinski definition) is 1. The Morgan fingerprint density at radius 3 is 2.86 bits per heavy atom. The lowest BCUT2D eigenvalue weighted by Gasteiger charge is -1.99. The van der Waals surface area contributed by atoms with Crippen molar-refractivity contribution in [3.05, 3.63) is 33.0 Å². The Hall–Kier alpha value is -1.04. The van der Waals surface area contributed by atoms with E-state index in [2.05, 4.69) is 27.6 Å². The molecular weight excluding hydrogens is 291 g/mol. The maximum absolute atomic E-state index is 11.1. The van der Waals surface area contributed by atoms with Gasteiger partial charge in [0.15, 0.2) is 0 Å². The molecule has 0 bridgehead atoms. The lowest BCUT2D eigenvalue weighted by molar-refractivity contribution is 0.100. The quantitative estimate of drug-likeness (QED) is 0.779. The molecule has 1 heterocycles. The van der Waals surface area contributed by atoms with Crippen molar-refractivity contribution in [1.82, 2.24) is 4.98 Å². The number of aryl methyl sites for hydroxylation is 1. The highest BCUT2D eigenvalue weighted by Gasteiger charge is 2.10. The summed E-state index contributed by atoms with van der Waals surface area (Å²) in [6, 6.07) is 5.67. The highest BCUT2D eigenvalue weighted by atomic mass is 127. The molecule has 0 saturated heterocycles. The van der Waals surface area contributed by atoms with Gasteiger partial charge in [0, 0.05) is 14.7 Å². The van der Waals surface area contributed by atoms with Gasteiger partial charge in [-0.05, 0) is 47.7 Å². The van der Waals surface area contributed by atoms with E-state index in [4.69, 9.17) is 5.73 Å². The molecule has 0 fully saturated rings. The van der Waals surface area contributed by atoms with Crippen molar-refractivity contribution in [2.45, 2.75) is 6.92 Å². The topological polar surface area (TPSA) is 58.9 Å². The van der Waals surface area contributed by atoms with E-state index in [1.165, 1.54) is 0 Å². The SMILES string of the molecule is Cc1cc2c(I)ccc(C(N)=O)c2[nH]1. The van der Waals surface area contributed by atoms with Crippen LogP contribution in [0.4, 0.5) is 0 Å². The van der Waals surface area contributed by atoms with E-state index in [-0.39, 0.29) is 0 Å². The average Bonchev–Trinajstić information content (AvgIpc) is 2.47. The summed E-state index contributed by atoms with van der Waals surface area (Å²) in [4.78, 5) is 14.3. The van der Waals surface area contributed by atoms with Crippen LogP contribution in [0, 0.1) is 10.5 Å². The van der Waals surface area contributed by atoms with Crippen LogP contribution in [0.15, 0.2) is 18.2 Å². The summed E-state index contributed by atoms with van der Waals surface area (Å²) >= 11 is 2.24. The van der Waals surface area contributed by atoms with Crippen LogP contribution in [0.2, 0.25) is 0 Å². The molecular formula is C10H9IN2O. The number of amides is 1. The molecule has 0 saturated carbocycles. The van der Waals surface area contributed by atoms with Gasteiger partial charge in [-0.15, -0.1) is 0 Å². The normalized spacial score (nSPS) is 10.7. The Morgan fingerprint density at radius 1 is 1.50 bits per heavy atom. The summed E-state index contributed by atoms with van der Waals surface area (Å²) in [6.45, 7) is 1.96. The molecule has 4 heteroatoms. The van der Waals surface area contributed by atoms with Crippen LogP contribution in [0.3, 0.4) is 0 Å². The molecule has 2 aromatic rings. The van der Waals surface area contributed by atoms with Crippen LogP contribution >= 0.6 is 22.6 Å². The van der Waals surface area contributed by atoms with Crippen molar-refractivity contribution in [2.24, 2.45) is 5.73 Å². The van der Waals surface area contributed by atoms with E-state index < -0.39 is 5.91 Å². The number of nitrogens with one attached hydrogen (secondary N) is 1. The Bertz CT molecular complexity index is 516. The molecule has 1 aromatic carbocycles. The number of carbonyl (C=O) groups excluding carboxylic acids is 1. The zero-order chi connectivity index (χ0) is 10.3. The molecule has 0 spiro atoms. The lowest BCUT2D eigenvalue weighted by atomic mass is 10.1. The number of benzene rings is 1. The smallest absolute Gasteiger partial charge is 0.250 e. The zero-order valence-electron chi connectivity index (χ0n) is 7.60. The first-order valence-corrected chi connectivity index (χ1v) is 5.25. The van der Waals surface area contributed by atoms with Crippen LogP contribution in [0.5, 0.6) is 0 Å². The fourth-order valence-electron chi connectivity index (χ4n) is 1.52. The Morgan fingerprint density at radius 2 is 2.21 bits per heavy atom. The van der Waals surface area contributed by atoms with Gasteiger partial charge in [-0.3, -0.25) is 4.79 Å². The number of rotatable bonds is 1. The summed E-state index contributed by atoms with van der Waals surface area (Å²) < 4.78 is 1.12. The molecule has 0 aliphatic rings. The van der Waals surface area contributed by atoms with Gasteiger partial charge in [0.1, 0.15) is 0 Å². The number of hydrogen-bond donors (Lipinski definition) is 2. The fourth-order valence-corrected chi connectivity index (χ4v) is 2.13. The molecule has 0 atom stereocenters. The average molecular weight is 300 g/mol. The largest absolute Gasteiger partial charge is 0.366 e. The van der Waals surface area contributed by atoms with E-state index in [9.17, 15) is 4.79 Å². The molecule has 3 nitrogen and oxygen atoms in total. The van der Waals surface area contributed by atoms with Crippen LogP contribution in [-0.2, 0) is 0 Å². The van der Waals surface area contributed by atoms with Gasteiger partial charge in [0.05, 0.1) is 11.1 Å². The zero-order valence-corrected chi connectivity index (χ0v) is 9.75. The number of H-pyrrole nitrogens is 1. The van der Waals surface area contributed by atoms with Crippen LogP contribution in [-0.4, -0.2) is 10.9 Å². The summed E-state index contributed by atoms with van der Waals surface area (Å²) in [5.41, 5.74) is 7.70. The van der Waals surface area contributed by atoms with E-state index in [1.54, 1.807) is 6.07 Å². The van der Waals surface area contributed by atoms with Crippen LogP contribution < -0.4 is 5.73 Å². The Labute approximate surface area is 94.8 Å². The van der Waals surface area contributed by atoms with Gasteiger partial charge >= 0.3 is 0 Å². The molecule has 72 valence electrons. The van der Waals surface area contributed by atoms with Gasteiger partial charge in [0.2, 0.25) is 0 Å². The molecule has 1 amide bonds. The third kappa shape index (κ3) is 1.39. The molecule has 0 aliphatic heterocycles. The number of halogens is 1. The molecule has 1 aromatic heterocycles. The fraction of sp³-hybridized carbons (Fsp3) is 0.100. The first kappa shape index (κ1) is 9.51. The maximum Gasteiger partial charge on any atom is 0.250 e. The Kier molecular flexibility index (Phi) is 2.22. The van der Waals surface area contributed by atoms with Gasteiger partial charge in [-0.25, -0.2) is 0 Å². The minimum Gasteiger partial charge on any atom is -0.366 e. The first-order valence-electron chi connectivity index (χ1n) is 4.17. The number of nitrogens with two attached hydrogens (primary N) is 1. The molecule has 0 unspecified atom stereocenters. The van der Waals surface area contributed by atoms with Gasteiger partial charge < -0.3 is 10.7 Å². The maximum atomic E-state index is 11.1. The summed E-state index contributed by atoms with van der Waals surface area (Å²) in [6.07, 6.45) is 0. The number of aromatic amines is 1. The highest BCUT2D eigenvalue weighted by molar-refractivity contribution is 14.1. The van der Waals surface area contributed by atoms with E-state index >= 15 is 0 Å². The molecule has 0 radical (unpaired) electrons. The van der Waals surface area contributed by atoms with E-state index in [1.807, 2.05) is 19.1 Å². The third-order valence-electron chi connectivity index (χ3n) is 2.14. The first-order chi connectivity index (χ1) is 6.59. The second-order valence-electron chi connectivity index (χ2n) is 3.20. The number of carbonyl (C=O) groups is 1. The van der Waals surface area contributed by atoms with Crippen molar-refractivity contribution >= 4 is 39.4 Å². The minimum atomic E-state index is -0.395. The highest BCUT2D eigenvalue weighted by Crippen LogP contribution is 2.24. The van der Waals surface area contributed by atoms with Gasteiger partial charge in [0.25, 0.3) is 5.91 Å². The summed E-state index contributed by atoms with van der Waals surface area (Å²) in [5, 5.41) is 1.06. The number of primary amides is 1. The predicted molar refractivity (Wildman–Crippen MR) is 64.3 cm³/mol. The lowest BCUT2D eigenvalue weighted by Crippen LogP contribution is -2.11. The van der Waals surface area contributed by atoms with Crippen molar-refractivity contribution < 1.29 is 4.79 Å². The van der Waals surface area contributed by atoms with Crippen molar-refractivity contribution in [3.63, 3.8) is 0 Å². The van der Waals surface area contributed by atoms with Crippen LogP contribution in [0.1, 0.15) is 16.1 Å². The van der Waals surface area contributed by atoms with Crippen LogP contribution in [0.25, 0.3) is 10.9 Å². The van der Waals surface area contributed by atoms with E-state index in [0.717, 1.165) is 20.2 Å². The third-order valence-corrected chi connectivity index (χ3v) is 3.08. The van der Waals surface area contributed by atoms with Crippen molar-refractivity contribution in [2.75, 3.05) is 0 Å². The molecule has 14 heavy (non-hydrogen) atoms. The van der Waals surface area contributed by atoms with Gasteiger partial charge in [-0.1, -0.05) is 0 Å².